The van der Waals surface area contributed by atoms with E-state index in [0.717, 1.165) is 31.6 Å². The molecule has 1 aromatic heterocycles. The summed E-state index contributed by atoms with van der Waals surface area (Å²) in [6, 6.07) is 5.26. The fourth-order valence-corrected chi connectivity index (χ4v) is 4.76. The van der Waals surface area contributed by atoms with E-state index in [1.54, 1.807) is 23.4 Å². The molecule has 0 radical (unpaired) electrons. The summed E-state index contributed by atoms with van der Waals surface area (Å²) in [6.07, 6.45) is 1.08. The molecule has 0 N–H and O–H groups in total. The minimum Gasteiger partial charge on any atom is -0.339 e. The predicted molar refractivity (Wildman–Crippen MR) is 94.7 cm³/mol. The molecule has 0 saturated carbocycles. The monoisotopic (exact) mass is 364 g/mol. The van der Waals surface area contributed by atoms with Crippen LogP contribution in [0, 0.1) is 13.8 Å². The molecular formula is C17H24N4O3S. The number of hydrogen-bond acceptors (Lipinski definition) is 6. The van der Waals surface area contributed by atoms with E-state index < -0.39 is 10.0 Å². The Morgan fingerprint density at radius 3 is 2.48 bits per heavy atom. The number of sulfonamides is 1. The highest BCUT2D eigenvalue weighted by molar-refractivity contribution is 7.89. The van der Waals surface area contributed by atoms with Gasteiger partial charge in [-0.05, 0) is 31.5 Å². The maximum atomic E-state index is 13.1. The van der Waals surface area contributed by atoms with Crippen molar-refractivity contribution in [1.82, 2.24) is 19.3 Å². The number of rotatable bonds is 5. The van der Waals surface area contributed by atoms with Crippen LogP contribution in [0.25, 0.3) is 11.4 Å². The van der Waals surface area contributed by atoms with Gasteiger partial charge in [0.2, 0.25) is 21.7 Å². The predicted octanol–water partition coefficient (Wildman–Crippen LogP) is 2.07. The number of aromatic nitrogens is 2. The van der Waals surface area contributed by atoms with Gasteiger partial charge in [0.05, 0.1) is 4.90 Å². The lowest BCUT2D eigenvalue weighted by Crippen LogP contribution is -2.48. The molecule has 1 saturated heterocycles. The van der Waals surface area contributed by atoms with E-state index in [1.807, 2.05) is 13.0 Å². The first kappa shape index (κ1) is 18.0. The van der Waals surface area contributed by atoms with Crippen LogP contribution < -0.4 is 0 Å². The van der Waals surface area contributed by atoms with E-state index in [1.165, 1.54) is 0 Å². The van der Waals surface area contributed by atoms with E-state index >= 15 is 0 Å². The standard InChI is InChI=1S/C17H24N4O3S/c1-4-7-20-8-10-21(11-9-20)25(22,23)16-12-15(6-5-13(16)2)17-18-14(3)24-19-17/h5-6,12H,4,7-11H2,1-3H3. The van der Waals surface area contributed by atoms with Crippen molar-refractivity contribution in [2.75, 3.05) is 32.7 Å². The average Bonchev–Trinajstić information content (AvgIpc) is 3.02. The maximum absolute atomic E-state index is 13.1. The van der Waals surface area contributed by atoms with Gasteiger partial charge in [0, 0.05) is 38.7 Å². The Labute approximate surface area is 148 Å². The van der Waals surface area contributed by atoms with Crippen LogP contribution in [0.2, 0.25) is 0 Å². The van der Waals surface area contributed by atoms with E-state index in [0.29, 0.717) is 35.3 Å². The second-order valence-corrected chi connectivity index (χ2v) is 8.27. The molecule has 1 aromatic carbocycles. The van der Waals surface area contributed by atoms with Gasteiger partial charge in [-0.1, -0.05) is 24.2 Å². The van der Waals surface area contributed by atoms with Crippen LogP contribution in [-0.4, -0.2) is 60.5 Å². The van der Waals surface area contributed by atoms with Gasteiger partial charge in [0.15, 0.2) is 0 Å². The minimum absolute atomic E-state index is 0.316. The zero-order valence-corrected chi connectivity index (χ0v) is 15.7. The van der Waals surface area contributed by atoms with E-state index in [4.69, 9.17) is 4.52 Å². The van der Waals surface area contributed by atoms with Crippen LogP contribution in [0.5, 0.6) is 0 Å². The number of aryl methyl sites for hydroxylation is 2. The van der Waals surface area contributed by atoms with Gasteiger partial charge in [-0.2, -0.15) is 9.29 Å². The molecule has 1 aliphatic heterocycles. The molecule has 0 amide bonds. The number of nitrogens with zero attached hydrogens (tertiary/aromatic N) is 4. The van der Waals surface area contributed by atoms with Crippen molar-refractivity contribution in [3.05, 3.63) is 29.7 Å². The molecule has 0 atom stereocenters. The highest BCUT2D eigenvalue weighted by Crippen LogP contribution is 2.26. The molecular weight excluding hydrogens is 340 g/mol. The lowest BCUT2D eigenvalue weighted by Gasteiger charge is -2.34. The van der Waals surface area contributed by atoms with Crippen molar-refractivity contribution in [1.29, 1.82) is 0 Å². The van der Waals surface area contributed by atoms with Gasteiger partial charge in [-0.25, -0.2) is 8.42 Å². The highest BCUT2D eigenvalue weighted by Gasteiger charge is 2.29. The molecule has 0 bridgehead atoms. The number of benzene rings is 1. The van der Waals surface area contributed by atoms with E-state index in [2.05, 4.69) is 22.0 Å². The third kappa shape index (κ3) is 3.75. The molecule has 2 heterocycles. The Morgan fingerprint density at radius 2 is 1.88 bits per heavy atom. The van der Waals surface area contributed by atoms with Crippen LogP contribution in [0.15, 0.2) is 27.6 Å². The Bertz CT molecular complexity index is 839. The Morgan fingerprint density at radius 1 is 1.16 bits per heavy atom. The Balaban J connectivity index is 1.87. The minimum atomic E-state index is -3.53. The molecule has 136 valence electrons. The first-order valence-corrected chi connectivity index (χ1v) is 9.99. The molecule has 1 aliphatic rings. The topological polar surface area (TPSA) is 79.5 Å². The van der Waals surface area contributed by atoms with Crippen molar-refractivity contribution >= 4 is 10.0 Å². The van der Waals surface area contributed by atoms with E-state index in [-0.39, 0.29) is 0 Å². The summed E-state index contributed by atoms with van der Waals surface area (Å²) < 4.78 is 32.8. The fraction of sp³-hybridized carbons (Fsp3) is 0.529. The van der Waals surface area contributed by atoms with Gasteiger partial charge in [0.25, 0.3) is 0 Å². The lowest BCUT2D eigenvalue weighted by molar-refractivity contribution is 0.188. The molecule has 2 aromatic rings. The van der Waals surface area contributed by atoms with Crippen LogP contribution in [0.3, 0.4) is 0 Å². The summed E-state index contributed by atoms with van der Waals surface area (Å²) in [7, 11) is -3.53. The van der Waals surface area contributed by atoms with Crippen molar-refractivity contribution in [3.8, 4) is 11.4 Å². The SMILES string of the molecule is CCCN1CCN(S(=O)(=O)c2cc(-c3noc(C)n3)ccc2C)CC1. The summed E-state index contributed by atoms with van der Waals surface area (Å²) in [4.78, 5) is 6.80. The van der Waals surface area contributed by atoms with Crippen LogP contribution in [0.4, 0.5) is 0 Å². The molecule has 0 unspecified atom stereocenters. The van der Waals surface area contributed by atoms with Crippen LogP contribution in [0.1, 0.15) is 24.8 Å². The second kappa shape index (κ2) is 7.23. The third-order valence-corrected chi connectivity index (χ3v) is 6.50. The molecule has 0 aliphatic carbocycles. The van der Waals surface area contributed by atoms with Gasteiger partial charge < -0.3 is 9.42 Å². The number of piperazine rings is 1. The smallest absolute Gasteiger partial charge is 0.243 e. The Kier molecular flexibility index (Phi) is 5.21. The first-order valence-electron chi connectivity index (χ1n) is 8.55. The molecule has 3 rings (SSSR count). The molecule has 1 fully saturated rings. The largest absolute Gasteiger partial charge is 0.339 e. The van der Waals surface area contributed by atoms with Gasteiger partial charge in [-0.3, -0.25) is 0 Å². The zero-order chi connectivity index (χ0) is 18.0. The number of hydrogen-bond donors (Lipinski definition) is 0. The van der Waals surface area contributed by atoms with Gasteiger partial charge in [0.1, 0.15) is 0 Å². The van der Waals surface area contributed by atoms with Crippen molar-refractivity contribution in [2.24, 2.45) is 0 Å². The van der Waals surface area contributed by atoms with Crippen molar-refractivity contribution in [2.45, 2.75) is 32.1 Å². The Hall–Kier alpha value is -1.77. The summed E-state index contributed by atoms with van der Waals surface area (Å²) in [6.45, 7) is 9.26. The summed E-state index contributed by atoms with van der Waals surface area (Å²) in [5.74, 6) is 0.855. The summed E-state index contributed by atoms with van der Waals surface area (Å²) in [5, 5.41) is 3.88. The lowest BCUT2D eigenvalue weighted by atomic mass is 10.1. The second-order valence-electron chi connectivity index (χ2n) is 6.36. The first-order chi connectivity index (χ1) is 11.9. The van der Waals surface area contributed by atoms with E-state index in [9.17, 15) is 8.42 Å². The quantitative estimate of drug-likeness (QED) is 0.808. The van der Waals surface area contributed by atoms with Gasteiger partial charge in [-0.15, -0.1) is 0 Å². The molecule has 25 heavy (non-hydrogen) atoms. The molecule has 7 nitrogen and oxygen atoms in total. The average molecular weight is 364 g/mol. The van der Waals surface area contributed by atoms with Gasteiger partial charge >= 0.3 is 0 Å². The third-order valence-electron chi connectivity index (χ3n) is 4.46. The maximum Gasteiger partial charge on any atom is 0.243 e. The zero-order valence-electron chi connectivity index (χ0n) is 14.9. The normalized spacial score (nSPS) is 17.1. The van der Waals surface area contributed by atoms with Crippen LogP contribution >= 0.6 is 0 Å². The van der Waals surface area contributed by atoms with Crippen LogP contribution in [-0.2, 0) is 10.0 Å². The highest BCUT2D eigenvalue weighted by atomic mass is 32.2. The summed E-state index contributed by atoms with van der Waals surface area (Å²) in [5.41, 5.74) is 1.37. The fourth-order valence-electron chi connectivity index (χ4n) is 3.08. The van der Waals surface area contributed by atoms with Crippen molar-refractivity contribution < 1.29 is 12.9 Å². The molecule has 8 heteroatoms. The summed E-state index contributed by atoms with van der Waals surface area (Å²) >= 11 is 0. The molecule has 0 spiro atoms. The van der Waals surface area contributed by atoms with Crippen molar-refractivity contribution in [3.63, 3.8) is 0 Å².